The third-order valence-electron chi connectivity index (χ3n) is 3.63. The van der Waals surface area contributed by atoms with Gasteiger partial charge in [0.1, 0.15) is 5.82 Å². The van der Waals surface area contributed by atoms with Gasteiger partial charge < -0.3 is 4.90 Å². The molecule has 104 valence electrons. The van der Waals surface area contributed by atoms with Crippen LogP contribution in [0.4, 0.5) is 0 Å². The third kappa shape index (κ3) is 2.71. The largest absolute Gasteiger partial charge is 0.341 e. The molecule has 5 nitrogen and oxygen atoms in total. The van der Waals surface area contributed by atoms with E-state index in [0.29, 0.717) is 0 Å². The second kappa shape index (κ2) is 5.45. The van der Waals surface area contributed by atoms with Crippen molar-refractivity contribution in [2.75, 3.05) is 13.1 Å². The van der Waals surface area contributed by atoms with Crippen molar-refractivity contribution in [1.29, 1.82) is 0 Å². The zero-order chi connectivity index (χ0) is 13.9. The van der Waals surface area contributed by atoms with Crippen LogP contribution < -0.4 is 0 Å². The van der Waals surface area contributed by atoms with E-state index in [2.05, 4.69) is 22.2 Å². The minimum atomic E-state index is 0.125. The average molecular weight is 270 g/mol. The van der Waals surface area contributed by atoms with Gasteiger partial charge in [-0.2, -0.15) is 5.10 Å². The number of benzene rings is 1. The van der Waals surface area contributed by atoms with Gasteiger partial charge in [0.05, 0.1) is 6.54 Å². The minimum Gasteiger partial charge on any atom is -0.341 e. The molecular formula is C15H18N4O. The Balaban J connectivity index is 1.73. The molecule has 0 atom stereocenters. The summed E-state index contributed by atoms with van der Waals surface area (Å²) in [5.41, 5.74) is 1.22. The van der Waals surface area contributed by atoms with E-state index >= 15 is 0 Å². The first-order valence-corrected chi connectivity index (χ1v) is 6.94. The van der Waals surface area contributed by atoms with Gasteiger partial charge in [-0.25, -0.2) is 9.67 Å². The number of carbonyl (C=O) groups is 1. The first-order valence-electron chi connectivity index (χ1n) is 6.94. The number of hydrogen-bond donors (Lipinski definition) is 0. The molecule has 3 rings (SSSR count). The Bertz CT molecular complexity index is 580. The summed E-state index contributed by atoms with van der Waals surface area (Å²) in [6, 6.07) is 10.2. The van der Waals surface area contributed by atoms with Crippen LogP contribution in [0.2, 0.25) is 0 Å². The Morgan fingerprint density at radius 3 is 2.75 bits per heavy atom. The van der Waals surface area contributed by atoms with Gasteiger partial charge in [-0.3, -0.25) is 4.79 Å². The van der Waals surface area contributed by atoms with Crippen molar-refractivity contribution in [2.24, 2.45) is 0 Å². The molecule has 0 aliphatic carbocycles. The molecule has 0 saturated carbocycles. The summed E-state index contributed by atoms with van der Waals surface area (Å²) in [5.74, 6) is 1.97. The Hall–Kier alpha value is -2.17. The first kappa shape index (κ1) is 12.8. The van der Waals surface area contributed by atoms with Crippen molar-refractivity contribution >= 4 is 5.91 Å². The molecule has 0 radical (unpaired) electrons. The average Bonchev–Trinajstić information content (AvgIpc) is 2.71. The highest BCUT2D eigenvalue weighted by Crippen LogP contribution is 2.10. The van der Waals surface area contributed by atoms with E-state index in [0.717, 1.165) is 44.1 Å². The lowest BCUT2D eigenvalue weighted by molar-refractivity contribution is -0.128. The van der Waals surface area contributed by atoms with Gasteiger partial charge >= 0.3 is 0 Å². The minimum absolute atomic E-state index is 0.125. The molecule has 0 fully saturated rings. The predicted molar refractivity (Wildman–Crippen MR) is 75.2 cm³/mol. The molecule has 1 amide bonds. The molecule has 1 aromatic carbocycles. The molecule has 5 heteroatoms. The van der Waals surface area contributed by atoms with Crippen LogP contribution in [0.5, 0.6) is 0 Å². The van der Waals surface area contributed by atoms with Gasteiger partial charge in [-0.15, -0.1) is 0 Å². The monoisotopic (exact) mass is 270 g/mol. The Morgan fingerprint density at radius 1 is 1.20 bits per heavy atom. The van der Waals surface area contributed by atoms with Gasteiger partial charge in [-0.1, -0.05) is 30.3 Å². The summed E-state index contributed by atoms with van der Waals surface area (Å²) < 4.78 is 1.95. The van der Waals surface area contributed by atoms with E-state index in [4.69, 9.17) is 0 Å². The number of amides is 1. The molecule has 20 heavy (non-hydrogen) atoms. The van der Waals surface area contributed by atoms with Crippen LogP contribution in [0, 0.1) is 0 Å². The number of nitrogens with zero attached hydrogens (tertiary/aromatic N) is 4. The molecule has 0 bridgehead atoms. The Kier molecular flexibility index (Phi) is 3.50. The van der Waals surface area contributed by atoms with Gasteiger partial charge in [0.15, 0.2) is 5.82 Å². The zero-order valence-corrected chi connectivity index (χ0v) is 11.6. The standard InChI is InChI=1S/C15H18N4O/c1-12(20)18-8-7-15-16-14(17-19(15)10-9-18)11-13-5-3-2-4-6-13/h2-6H,7-11H2,1H3. The van der Waals surface area contributed by atoms with Crippen LogP contribution in [-0.2, 0) is 24.2 Å². The fraction of sp³-hybridized carbons (Fsp3) is 0.400. The quantitative estimate of drug-likeness (QED) is 0.826. The van der Waals surface area contributed by atoms with Gasteiger partial charge in [-0.05, 0) is 5.56 Å². The number of aromatic nitrogens is 3. The van der Waals surface area contributed by atoms with Crippen LogP contribution in [0.25, 0.3) is 0 Å². The summed E-state index contributed by atoms with van der Waals surface area (Å²) in [4.78, 5) is 17.9. The number of carbonyl (C=O) groups excluding carboxylic acids is 1. The molecule has 0 unspecified atom stereocenters. The van der Waals surface area contributed by atoms with Crippen molar-refractivity contribution < 1.29 is 4.79 Å². The molecule has 0 N–H and O–H groups in total. The van der Waals surface area contributed by atoms with Crippen molar-refractivity contribution in [3.63, 3.8) is 0 Å². The highest BCUT2D eigenvalue weighted by atomic mass is 16.2. The molecule has 2 aromatic rings. The van der Waals surface area contributed by atoms with E-state index in [1.54, 1.807) is 6.92 Å². The van der Waals surface area contributed by atoms with Crippen LogP contribution in [0.3, 0.4) is 0 Å². The summed E-state index contributed by atoms with van der Waals surface area (Å²) in [7, 11) is 0. The zero-order valence-electron chi connectivity index (χ0n) is 11.6. The van der Waals surface area contributed by atoms with Crippen LogP contribution >= 0.6 is 0 Å². The summed E-state index contributed by atoms with van der Waals surface area (Å²) in [6.45, 7) is 3.80. The third-order valence-corrected chi connectivity index (χ3v) is 3.63. The molecule has 2 heterocycles. The van der Waals surface area contributed by atoms with Gasteiger partial charge in [0, 0.05) is 32.9 Å². The normalized spacial score (nSPS) is 14.8. The van der Waals surface area contributed by atoms with Crippen molar-refractivity contribution in [3.05, 3.63) is 47.5 Å². The highest BCUT2D eigenvalue weighted by molar-refractivity contribution is 5.73. The fourth-order valence-corrected chi connectivity index (χ4v) is 2.52. The second-order valence-corrected chi connectivity index (χ2v) is 5.09. The number of hydrogen-bond acceptors (Lipinski definition) is 3. The molecule has 1 aliphatic rings. The Morgan fingerprint density at radius 2 is 2.00 bits per heavy atom. The first-order chi connectivity index (χ1) is 9.72. The van der Waals surface area contributed by atoms with E-state index in [9.17, 15) is 4.79 Å². The smallest absolute Gasteiger partial charge is 0.219 e. The van der Waals surface area contributed by atoms with Gasteiger partial charge in [0.25, 0.3) is 0 Å². The SMILES string of the molecule is CC(=O)N1CCc2nc(Cc3ccccc3)nn2CC1. The lowest BCUT2D eigenvalue weighted by Crippen LogP contribution is -2.31. The van der Waals surface area contributed by atoms with E-state index in [1.165, 1.54) is 5.56 Å². The van der Waals surface area contributed by atoms with Crippen molar-refractivity contribution in [3.8, 4) is 0 Å². The summed E-state index contributed by atoms with van der Waals surface area (Å²) in [5, 5.41) is 4.57. The van der Waals surface area contributed by atoms with Crippen LogP contribution in [-0.4, -0.2) is 38.7 Å². The topological polar surface area (TPSA) is 51.0 Å². The van der Waals surface area contributed by atoms with Crippen LogP contribution in [0.1, 0.15) is 24.1 Å². The number of rotatable bonds is 2. The highest BCUT2D eigenvalue weighted by Gasteiger charge is 2.18. The molecular weight excluding hydrogens is 252 g/mol. The molecule has 0 spiro atoms. The lowest BCUT2D eigenvalue weighted by Gasteiger charge is -2.16. The van der Waals surface area contributed by atoms with E-state index in [-0.39, 0.29) is 5.91 Å². The maximum absolute atomic E-state index is 11.4. The predicted octanol–water partition coefficient (Wildman–Crippen LogP) is 1.27. The lowest BCUT2D eigenvalue weighted by atomic mass is 10.1. The van der Waals surface area contributed by atoms with Crippen LogP contribution in [0.15, 0.2) is 30.3 Å². The molecule has 1 aliphatic heterocycles. The summed E-state index contributed by atoms with van der Waals surface area (Å²) >= 11 is 0. The van der Waals surface area contributed by atoms with Gasteiger partial charge in [0.2, 0.25) is 5.91 Å². The van der Waals surface area contributed by atoms with Crippen molar-refractivity contribution in [1.82, 2.24) is 19.7 Å². The van der Waals surface area contributed by atoms with Crippen molar-refractivity contribution in [2.45, 2.75) is 26.3 Å². The van der Waals surface area contributed by atoms with E-state index in [1.807, 2.05) is 27.8 Å². The maximum Gasteiger partial charge on any atom is 0.219 e. The molecule has 0 saturated heterocycles. The number of fused-ring (bicyclic) bond motifs is 1. The maximum atomic E-state index is 11.4. The van der Waals surface area contributed by atoms with E-state index < -0.39 is 0 Å². The fourth-order valence-electron chi connectivity index (χ4n) is 2.52. The Labute approximate surface area is 118 Å². The summed E-state index contributed by atoms with van der Waals surface area (Å²) in [6.07, 6.45) is 1.54. The second-order valence-electron chi connectivity index (χ2n) is 5.09. The molecule has 1 aromatic heterocycles.